The van der Waals surface area contributed by atoms with Gasteiger partial charge in [-0.15, -0.1) is 0 Å². The molecule has 0 amide bonds. The Kier molecular flexibility index (Phi) is 7.02. The zero-order valence-electron chi connectivity index (χ0n) is 16.7. The maximum Gasteiger partial charge on any atom is 0.118 e. The molecule has 1 heterocycles. The van der Waals surface area contributed by atoms with Crippen molar-refractivity contribution in [2.24, 2.45) is 0 Å². The fraction of sp³-hybridized carbons (Fsp3) is 0.292. The van der Waals surface area contributed by atoms with Crippen LogP contribution in [0.3, 0.4) is 0 Å². The number of quaternary nitrogens is 1. The van der Waals surface area contributed by atoms with Gasteiger partial charge in [-0.3, -0.25) is 0 Å². The molecule has 0 radical (unpaired) electrons. The van der Waals surface area contributed by atoms with Crippen molar-refractivity contribution in [1.29, 1.82) is 5.26 Å². The van der Waals surface area contributed by atoms with Crippen molar-refractivity contribution in [3.05, 3.63) is 94.8 Å². The van der Waals surface area contributed by atoms with Crippen LogP contribution in [0, 0.1) is 18.3 Å². The van der Waals surface area contributed by atoms with Crippen LogP contribution in [0.4, 0.5) is 0 Å². The number of benzene rings is 2. The molecule has 0 bridgehead atoms. The smallest absolute Gasteiger partial charge is 0.118 e. The fourth-order valence-corrected chi connectivity index (χ4v) is 3.52. The van der Waals surface area contributed by atoms with E-state index >= 15 is 0 Å². The second-order valence-electron chi connectivity index (χ2n) is 7.21. The monoisotopic (exact) mass is 374 g/mol. The van der Waals surface area contributed by atoms with Gasteiger partial charge in [0.1, 0.15) is 19.6 Å². The molecule has 1 unspecified atom stereocenters. The molecule has 144 valence electrons. The first-order valence-corrected chi connectivity index (χ1v) is 9.69. The highest BCUT2D eigenvalue weighted by molar-refractivity contribution is 5.32. The molecule has 0 saturated heterocycles. The Labute approximate surface area is 167 Å². The Bertz CT molecular complexity index is 939. The number of aromatic nitrogens is 1. The fourth-order valence-electron chi connectivity index (χ4n) is 3.52. The van der Waals surface area contributed by atoms with Gasteiger partial charge in [-0.2, -0.15) is 5.26 Å². The highest BCUT2D eigenvalue weighted by atomic mass is 16.5. The molecule has 4 nitrogen and oxygen atoms in total. The molecule has 4 heteroatoms. The van der Waals surface area contributed by atoms with Gasteiger partial charge in [-0.25, -0.2) is 0 Å². The van der Waals surface area contributed by atoms with E-state index in [1.165, 1.54) is 27.3 Å². The standard InChI is InChI=1S/C24H27N3O/c1-20-7-3-4-10-23(20)18-27-12-6-11-24(27)19-26(13-14-28-2)17-22-9-5-8-21(15-22)16-25/h3-12,15H,13-14,17-19H2,1-2H3/p+1. The molecular weight excluding hydrogens is 346 g/mol. The maximum absolute atomic E-state index is 9.16. The lowest BCUT2D eigenvalue weighted by Crippen LogP contribution is -3.10. The summed E-state index contributed by atoms with van der Waals surface area (Å²) in [4.78, 5) is 1.42. The number of nitrogens with one attached hydrogen (secondary N) is 1. The lowest BCUT2D eigenvalue weighted by atomic mass is 10.1. The van der Waals surface area contributed by atoms with Crippen LogP contribution in [0.25, 0.3) is 0 Å². The first-order valence-electron chi connectivity index (χ1n) is 9.69. The number of hydrogen-bond acceptors (Lipinski definition) is 2. The van der Waals surface area contributed by atoms with Crippen LogP contribution in [0.2, 0.25) is 0 Å². The SMILES string of the molecule is COCC[NH+](Cc1cccc(C#N)c1)Cc1cccn1Cc1ccccc1C. The van der Waals surface area contributed by atoms with Gasteiger partial charge in [0, 0.05) is 25.4 Å². The van der Waals surface area contributed by atoms with Crippen LogP contribution in [-0.4, -0.2) is 24.8 Å². The summed E-state index contributed by atoms with van der Waals surface area (Å²) in [6.07, 6.45) is 2.16. The second-order valence-corrected chi connectivity index (χ2v) is 7.21. The van der Waals surface area contributed by atoms with Gasteiger partial charge < -0.3 is 14.2 Å². The third-order valence-corrected chi connectivity index (χ3v) is 5.13. The molecule has 0 fully saturated rings. The highest BCUT2D eigenvalue weighted by Gasteiger charge is 2.14. The van der Waals surface area contributed by atoms with Gasteiger partial charge in [0.05, 0.1) is 23.9 Å². The second kappa shape index (κ2) is 9.89. The molecule has 0 aliphatic carbocycles. The average molecular weight is 375 g/mol. The van der Waals surface area contributed by atoms with Crippen molar-refractivity contribution < 1.29 is 9.64 Å². The molecular formula is C24H28N3O+. The quantitative estimate of drug-likeness (QED) is 0.626. The highest BCUT2D eigenvalue weighted by Crippen LogP contribution is 2.12. The molecule has 28 heavy (non-hydrogen) atoms. The predicted molar refractivity (Wildman–Crippen MR) is 111 cm³/mol. The van der Waals surface area contributed by atoms with Gasteiger partial charge in [0.25, 0.3) is 0 Å². The zero-order chi connectivity index (χ0) is 19.8. The van der Waals surface area contributed by atoms with Gasteiger partial charge in [0.2, 0.25) is 0 Å². The summed E-state index contributed by atoms with van der Waals surface area (Å²) in [5.74, 6) is 0. The Morgan fingerprint density at radius 2 is 1.89 bits per heavy atom. The first-order chi connectivity index (χ1) is 13.7. The summed E-state index contributed by atoms with van der Waals surface area (Å²) in [7, 11) is 1.74. The summed E-state index contributed by atoms with van der Waals surface area (Å²) in [5, 5.41) is 9.16. The van der Waals surface area contributed by atoms with E-state index in [4.69, 9.17) is 10.00 Å². The summed E-state index contributed by atoms with van der Waals surface area (Å²) in [5.41, 5.74) is 5.87. The van der Waals surface area contributed by atoms with Crippen LogP contribution in [0.5, 0.6) is 0 Å². The minimum absolute atomic E-state index is 0.714. The van der Waals surface area contributed by atoms with E-state index in [0.29, 0.717) is 12.2 Å². The normalized spacial score (nSPS) is 11.9. The molecule has 3 rings (SSSR count). The van der Waals surface area contributed by atoms with Gasteiger partial charge >= 0.3 is 0 Å². The largest absolute Gasteiger partial charge is 0.379 e. The van der Waals surface area contributed by atoms with Crippen molar-refractivity contribution in [2.45, 2.75) is 26.6 Å². The van der Waals surface area contributed by atoms with Crippen LogP contribution < -0.4 is 4.90 Å². The Hall–Kier alpha value is -2.87. The van der Waals surface area contributed by atoms with E-state index in [2.05, 4.69) is 66.2 Å². The van der Waals surface area contributed by atoms with E-state index in [1.807, 2.05) is 18.2 Å². The molecule has 1 atom stereocenters. The van der Waals surface area contributed by atoms with Crippen LogP contribution >= 0.6 is 0 Å². The molecule has 3 aromatic rings. The molecule has 0 saturated carbocycles. The van der Waals surface area contributed by atoms with Crippen molar-refractivity contribution in [3.63, 3.8) is 0 Å². The van der Waals surface area contributed by atoms with Crippen molar-refractivity contribution in [2.75, 3.05) is 20.3 Å². The molecule has 1 aromatic heterocycles. The Balaban J connectivity index is 1.75. The molecule has 0 aliphatic heterocycles. The van der Waals surface area contributed by atoms with Gasteiger partial charge in [0.15, 0.2) is 0 Å². The van der Waals surface area contributed by atoms with Crippen molar-refractivity contribution >= 4 is 0 Å². The minimum Gasteiger partial charge on any atom is -0.379 e. The van der Waals surface area contributed by atoms with Gasteiger partial charge in [-0.05, 0) is 42.3 Å². The summed E-state index contributed by atoms with van der Waals surface area (Å²) in [6.45, 7) is 6.47. The average Bonchev–Trinajstić information content (AvgIpc) is 3.14. The summed E-state index contributed by atoms with van der Waals surface area (Å²) in [6, 6.07) is 23.0. The van der Waals surface area contributed by atoms with E-state index < -0.39 is 0 Å². The number of rotatable bonds is 9. The third-order valence-electron chi connectivity index (χ3n) is 5.13. The van der Waals surface area contributed by atoms with E-state index in [9.17, 15) is 0 Å². The van der Waals surface area contributed by atoms with Gasteiger partial charge in [-0.1, -0.05) is 36.4 Å². The van der Waals surface area contributed by atoms with Crippen molar-refractivity contribution in [1.82, 2.24) is 4.57 Å². The summed E-state index contributed by atoms with van der Waals surface area (Å²) >= 11 is 0. The van der Waals surface area contributed by atoms with Crippen LogP contribution in [0.15, 0.2) is 66.9 Å². The third kappa shape index (κ3) is 5.32. The van der Waals surface area contributed by atoms with E-state index in [1.54, 1.807) is 7.11 Å². The molecule has 2 aromatic carbocycles. The Morgan fingerprint density at radius 1 is 1.04 bits per heavy atom. The first kappa shape index (κ1) is 19.9. The van der Waals surface area contributed by atoms with Crippen LogP contribution in [-0.2, 0) is 24.4 Å². The topological polar surface area (TPSA) is 42.4 Å². The number of ether oxygens (including phenoxy) is 1. The van der Waals surface area contributed by atoms with E-state index in [0.717, 1.165) is 26.2 Å². The predicted octanol–water partition coefficient (Wildman–Crippen LogP) is 2.95. The van der Waals surface area contributed by atoms with E-state index in [-0.39, 0.29) is 0 Å². The minimum atomic E-state index is 0.714. The summed E-state index contributed by atoms with van der Waals surface area (Å²) < 4.78 is 7.67. The number of nitriles is 1. The number of aryl methyl sites for hydroxylation is 1. The maximum atomic E-state index is 9.16. The molecule has 0 spiro atoms. The molecule has 1 N–H and O–H groups in total. The number of methoxy groups -OCH3 is 1. The lowest BCUT2D eigenvalue weighted by molar-refractivity contribution is -0.928. The van der Waals surface area contributed by atoms with Crippen molar-refractivity contribution in [3.8, 4) is 6.07 Å². The number of nitrogens with zero attached hydrogens (tertiary/aromatic N) is 2. The Morgan fingerprint density at radius 3 is 2.68 bits per heavy atom. The van der Waals surface area contributed by atoms with Crippen LogP contribution in [0.1, 0.15) is 27.9 Å². The lowest BCUT2D eigenvalue weighted by Gasteiger charge is -2.21. The number of hydrogen-bond donors (Lipinski definition) is 1. The zero-order valence-corrected chi connectivity index (χ0v) is 16.7. The molecule has 0 aliphatic rings.